The molecular weight excluding hydrogens is 320 g/mol. The molecule has 5 aliphatic rings. The first-order chi connectivity index (χ1) is 11.8. The highest BCUT2D eigenvalue weighted by molar-refractivity contribution is 6.09. The zero-order chi connectivity index (χ0) is 17.7. The standard InChI is InChI=1S/C20H22O5/c1-9(2)10-4-5-14-19(3)7-13(21)16-11(8-24-18(16)23)12(19)6-15-20(14,25-15)17(10)22/h4-5,9,12-13,15,21H,6-8H2,1-3H3/t12-,13-,15-,19-,20+/m0/s1. The molecule has 5 rings (SSSR count). The predicted molar refractivity (Wildman–Crippen MR) is 88.4 cm³/mol. The van der Waals surface area contributed by atoms with Crippen molar-refractivity contribution in [1.29, 1.82) is 0 Å². The number of hydrogen-bond donors (Lipinski definition) is 1. The second-order valence-electron chi connectivity index (χ2n) is 8.47. The molecule has 1 saturated heterocycles. The Balaban J connectivity index is 1.67. The van der Waals surface area contributed by atoms with E-state index in [9.17, 15) is 14.7 Å². The van der Waals surface area contributed by atoms with Gasteiger partial charge in [0.05, 0.1) is 11.7 Å². The lowest BCUT2D eigenvalue weighted by atomic mass is 9.52. The van der Waals surface area contributed by atoms with Gasteiger partial charge in [0.25, 0.3) is 0 Å². The van der Waals surface area contributed by atoms with Gasteiger partial charge in [0, 0.05) is 11.0 Å². The number of aliphatic hydroxyl groups excluding tert-OH is 1. The first-order valence-electron chi connectivity index (χ1n) is 9.04. The highest BCUT2D eigenvalue weighted by atomic mass is 16.6. The van der Waals surface area contributed by atoms with Gasteiger partial charge in [-0.25, -0.2) is 4.79 Å². The van der Waals surface area contributed by atoms with Crippen LogP contribution >= 0.6 is 0 Å². The molecule has 2 fully saturated rings. The number of esters is 1. The van der Waals surface area contributed by atoms with Gasteiger partial charge in [-0.3, -0.25) is 4.79 Å². The number of ketones is 1. The maximum atomic E-state index is 13.2. The van der Waals surface area contributed by atoms with Crippen LogP contribution in [0, 0.1) is 17.3 Å². The molecule has 0 aromatic rings. The van der Waals surface area contributed by atoms with Crippen molar-refractivity contribution in [3.8, 4) is 0 Å². The van der Waals surface area contributed by atoms with Gasteiger partial charge < -0.3 is 14.6 Å². The Morgan fingerprint density at radius 3 is 2.76 bits per heavy atom. The van der Waals surface area contributed by atoms with Crippen molar-refractivity contribution in [3.63, 3.8) is 0 Å². The van der Waals surface area contributed by atoms with Crippen molar-refractivity contribution in [2.75, 3.05) is 6.61 Å². The number of epoxide rings is 1. The number of fused-ring (bicyclic) bond motifs is 3. The molecule has 0 unspecified atom stereocenters. The molecule has 1 N–H and O–H groups in total. The summed E-state index contributed by atoms with van der Waals surface area (Å²) in [7, 11) is 0. The first-order valence-corrected chi connectivity index (χ1v) is 9.04. The maximum absolute atomic E-state index is 13.2. The highest BCUT2D eigenvalue weighted by Crippen LogP contribution is 2.67. The van der Waals surface area contributed by atoms with E-state index in [1.807, 2.05) is 26.0 Å². The molecule has 25 heavy (non-hydrogen) atoms. The Labute approximate surface area is 146 Å². The maximum Gasteiger partial charge on any atom is 0.337 e. The fourth-order valence-electron chi connectivity index (χ4n) is 5.63. The minimum absolute atomic E-state index is 0.0750. The van der Waals surface area contributed by atoms with Gasteiger partial charge >= 0.3 is 5.97 Å². The number of hydrogen-bond acceptors (Lipinski definition) is 5. The van der Waals surface area contributed by atoms with E-state index >= 15 is 0 Å². The molecule has 0 aromatic heterocycles. The summed E-state index contributed by atoms with van der Waals surface area (Å²) in [4.78, 5) is 25.1. The van der Waals surface area contributed by atoms with Crippen LogP contribution in [0.1, 0.15) is 33.6 Å². The average molecular weight is 342 g/mol. The van der Waals surface area contributed by atoms with E-state index in [0.29, 0.717) is 18.4 Å². The number of aliphatic hydroxyl groups is 1. The molecule has 2 heterocycles. The lowest BCUT2D eigenvalue weighted by Crippen LogP contribution is -2.52. The number of Topliss-reactive ketones (excluding diaryl/α,β-unsaturated/α-hetero) is 1. The van der Waals surface area contributed by atoms with Gasteiger partial charge in [-0.2, -0.15) is 0 Å². The van der Waals surface area contributed by atoms with Gasteiger partial charge in [0.1, 0.15) is 12.7 Å². The third-order valence-electron chi connectivity index (χ3n) is 6.91. The third kappa shape index (κ3) is 1.66. The van der Waals surface area contributed by atoms with Crippen LogP contribution in [0.4, 0.5) is 0 Å². The van der Waals surface area contributed by atoms with Crippen LogP contribution < -0.4 is 0 Å². The highest BCUT2D eigenvalue weighted by Gasteiger charge is 2.74. The van der Waals surface area contributed by atoms with Gasteiger partial charge in [-0.1, -0.05) is 32.9 Å². The summed E-state index contributed by atoms with van der Waals surface area (Å²) < 4.78 is 11.2. The molecule has 5 heteroatoms. The average Bonchev–Trinajstić information content (AvgIpc) is 3.12. The fraction of sp³-hybridized carbons (Fsp3) is 0.600. The Bertz CT molecular complexity index is 816. The van der Waals surface area contributed by atoms with E-state index in [1.165, 1.54) is 0 Å². The van der Waals surface area contributed by atoms with Crippen molar-refractivity contribution in [3.05, 3.63) is 34.4 Å². The molecule has 5 atom stereocenters. The van der Waals surface area contributed by atoms with Crippen molar-refractivity contribution < 1.29 is 24.2 Å². The summed E-state index contributed by atoms with van der Waals surface area (Å²) in [5.41, 5.74) is 1.90. The summed E-state index contributed by atoms with van der Waals surface area (Å²) in [5.74, 6) is -0.0836. The van der Waals surface area contributed by atoms with Crippen LogP contribution in [0.5, 0.6) is 0 Å². The van der Waals surface area contributed by atoms with Crippen LogP contribution in [0.25, 0.3) is 0 Å². The molecular formula is C20H22O5. The monoisotopic (exact) mass is 342 g/mol. The van der Waals surface area contributed by atoms with Crippen molar-refractivity contribution >= 4 is 11.8 Å². The number of carbonyl (C=O) groups is 2. The lowest BCUT2D eigenvalue weighted by Gasteiger charge is -2.49. The van der Waals surface area contributed by atoms with Crippen LogP contribution in [0.2, 0.25) is 0 Å². The van der Waals surface area contributed by atoms with Gasteiger partial charge in [0.2, 0.25) is 0 Å². The van der Waals surface area contributed by atoms with E-state index in [-0.39, 0.29) is 30.3 Å². The van der Waals surface area contributed by atoms with Gasteiger partial charge in [0.15, 0.2) is 11.4 Å². The SMILES string of the molecule is CC(C)C1=CC=C2[C@]3(O[C@H]3C[C@H]3C4=C(C(=O)OC4)[C@@H](O)C[C@]23C)C1=O. The molecule has 5 nitrogen and oxygen atoms in total. The fourth-order valence-corrected chi connectivity index (χ4v) is 5.63. The molecule has 132 valence electrons. The molecule has 1 spiro atoms. The molecule has 1 saturated carbocycles. The summed E-state index contributed by atoms with van der Waals surface area (Å²) in [6.45, 7) is 6.39. The van der Waals surface area contributed by atoms with Crippen LogP contribution in [0.15, 0.2) is 34.4 Å². The van der Waals surface area contributed by atoms with E-state index in [4.69, 9.17) is 9.47 Å². The summed E-state index contributed by atoms with van der Waals surface area (Å²) in [6.07, 6.45) is 4.11. The van der Waals surface area contributed by atoms with E-state index in [0.717, 1.165) is 16.7 Å². The summed E-state index contributed by atoms with van der Waals surface area (Å²) in [6, 6.07) is 0. The largest absolute Gasteiger partial charge is 0.458 e. The lowest BCUT2D eigenvalue weighted by molar-refractivity contribution is -0.137. The first kappa shape index (κ1) is 15.5. The smallest absolute Gasteiger partial charge is 0.337 e. The van der Waals surface area contributed by atoms with Crippen LogP contribution in [0.3, 0.4) is 0 Å². The number of ether oxygens (including phenoxy) is 2. The minimum Gasteiger partial charge on any atom is -0.458 e. The Kier molecular flexibility index (Phi) is 2.80. The van der Waals surface area contributed by atoms with E-state index in [1.54, 1.807) is 0 Å². The Morgan fingerprint density at radius 2 is 2.04 bits per heavy atom. The molecule has 0 aromatic carbocycles. The quantitative estimate of drug-likeness (QED) is 0.581. The molecule has 0 bridgehead atoms. The normalized spacial score (nSPS) is 44.4. The molecule has 0 amide bonds. The number of rotatable bonds is 1. The topological polar surface area (TPSA) is 76.1 Å². The Morgan fingerprint density at radius 1 is 1.28 bits per heavy atom. The van der Waals surface area contributed by atoms with Crippen molar-refractivity contribution in [1.82, 2.24) is 0 Å². The van der Waals surface area contributed by atoms with Crippen molar-refractivity contribution in [2.45, 2.75) is 51.4 Å². The molecule has 0 radical (unpaired) electrons. The number of cyclic esters (lactones) is 1. The zero-order valence-electron chi connectivity index (χ0n) is 14.7. The van der Waals surface area contributed by atoms with E-state index < -0.39 is 23.1 Å². The van der Waals surface area contributed by atoms with Crippen LogP contribution in [-0.4, -0.2) is 41.3 Å². The van der Waals surface area contributed by atoms with Gasteiger partial charge in [-0.15, -0.1) is 0 Å². The van der Waals surface area contributed by atoms with E-state index in [2.05, 4.69) is 6.92 Å². The van der Waals surface area contributed by atoms with Crippen LogP contribution in [-0.2, 0) is 19.1 Å². The number of allylic oxidation sites excluding steroid dienone is 2. The minimum atomic E-state index is -0.843. The third-order valence-corrected chi connectivity index (χ3v) is 6.91. The second-order valence-corrected chi connectivity index (χ2v) is 8.47. The molecule has 3 aliphatic carbocycles. The van der Waals surface area contributed by atoms with Gasteiger partial charge in [-0.05, 0) is 35.8 Å². The number of carbonyl (C=O) groups excluding carboxylic acids is 2. The Hall–Kier alpha value is -1.72. The summed E-state index contributed by atoms with van der Waals surface area (Å²) in [5, 5.41) is 10.6. The van der Waals surface area contributed by atoms with Crippen molar-refractivity contribution in [2.24, 2.45) is 17.3 Å². The second kappa shape index (κ2) is 4.51. The summed E-state index contributed by atoms with van der Waals surface area (Å²) >= 11 is 0. The zero-order valence-corrected chi connectivity index (χ0v) is 14.7. The molecule has 2 aliphatic heterocycles. The predicted octanol–water partition coefficient (Wildman–Crippen LogP) is 1.86.